The normalized spacial score (nSPS) is 23.8. The minimum absolute atomic E-state index is 0.326. The molecule has 1 N–H and O–H groups in total. The maximum absolute atomic E-state index is 13.7. The molecule has 1 aliphatic carbocycles. The van der Waals surface area contributed by atoms with Gasteiger partial charge in [0.15, 0.2) is 5.65 Å². The van der Waals surface area contributed by atoms with Crippen molar-refractivity contribution in [2.45, 2.75) is 83.8 Å². The summed E-state index contributed by atoms with van der Waals surface area (Å²) in [5.41, 5.74) is 10.2. The quantitative estimate of drug-likeness (QED) is 0.389. The number of aryl methyl sites for hydroxylation is 1. The van der Waals surface area contributed by atoms with E-state index >= 15 is 0 Å². The van der Waals surface area contributed by atoms with Crippen LogP contribution in [-0.4, -0.2) is 54.8 Å². The van der Waals surface area contributed by atoms with Crippen molar-refractivity contribution in [3.63, 3.8) is 0 Å². The van der Waals surface area contributed by atoms with Crippen molar-refractivity contribution < 1.29 is 4.39 Å². The van der Waals surface area contributed by atoms with Gasteiger partial charge in [-0.15, -0.1) is 0 Å². The van der Waals surface area contributed by atoms with E-state index in [1.165, 1.54) is 16.8 Å². The molecule has 0 amide bonds. The van der Waals surface area contributed by atoms with Gasteiger partial charge in [-0.1, -0.05) is 13.8 Å². The SMILES string of the molecule is Cc1c(-c2[nH]c3ccc(C4CCC(N5CCC(F)C5)CC4)nc3c2C(C)C)cn2ncnc2c1C. The lowest BCUT2D eigenvalue weighted by Gasteiger charge is -2.34. The largest absolute Gasteiger partial charge is 0.353 e. The monoisotopic (exact) mass is 474 g/mol. The van der Waals surface area contributed by atoms with Gasteiger partial charge in [0.1, 0.15) is 12.5 Å². The van der Waals surface area contributed by atoms with E-state index in [4.69, 9.17) is 4.98 Å². The molecule has 4 aromatic rings. The van der Waals surface area contributed by atoms with Crippen LogP contribution in [0.25, 0.3) is 27.9 Å². The summed E-state index contributed by atoms with van der Waals surface area (Å²) in [6.07, 6.45) is 8.32. The van der Waals surface area contributed by atoms with E-state index in [9.17, 15) is 4.39 Å². The Morgan fingerprint density at radius 1 is 1.06 bits per heavy atom. The predicted molar refractivity (Wildman–Crippen MR) is 138 cm³/mol. The Morgan fingerprint density at radius 2 is 1.86 bits per heavy atom. The Balaban J connectivity index is 1.34. The average molecular weight is 475 g/mol. The molecule has 6 rings (SSSR count). The molecule has 35 heavy (non-hydrogen) atoms. The van der Waals surface area contributed by atoms with Crippen molar-refractivity contribution >= 4 is 16.7 Å². The molecule has 7 heteroatoms. The molecule has 0 radical (unpaired) electrons. The lowest BCUT2D eigenvalue weighted by atomic mass is 9.83. The molecule has 1 saturated carbocycles. The number of likely N-dealkylation sites (tertiary alicyclic amines) is 1. The zero-order valence-corrected chi connectivity index (χ0v) is 21.2. The summed E-state index contributed by atoms with van der Waals surface area (Å²) in [5.74, 6) is 0.806. The van der Waals surface area contributed by atoms with Gasteiger partial charge in [-0.2, -0.15) is 5.10 Å². The summed E-state index contributed by atoms with van der Waals surface area (Å²) >= 11 is 0. The molecule has 2 aliphatic rings. The number of nitrogens with zero attached hydrogens (tertiary/aromatic N) is 5. The first kappa shape index (κ1) is 22.7. The molecule has 0 aromatic carbocycles. The number of H-pyrrole nitrogens is 1. The van der Waals surface area contributed by atoms with Gasteiger partial charge >= 0.3 is 0 Å². The van der Waals surface area contributed by atoms with Crippen molar-refractivity contribution in [1.82, 2.24) is 29.5 Å². The minimum Gasteiger partial charge on any atom is -0.353 e. The van der Waals surface area contributed by atoms with Gasteiger partial charge in [0.2, 0.25) is 0 Å². The number of alkyl halides is 1. The lowest BCUT2D eigenvalue weighted by Crippen LogP contribution is -2.36. The van der Waals surface area contributed by atoms with E-state index in [2.05, 4.69) is 66.0 Å². The number of halogens is 1. The number of hydrogen-bond acceptors (Lipinski definition) is 4. The van der Waals surface area contributed by atoms with Crippen LogP contribution in [-0.2, 0) is 0 Å². The Hall–Kier alpha value is -2.80. The first-order chi connectivity index (χ1) is 16.9. The molecule has 0 spiro atoms. The third-order valence-corrected chi connectivity index (χ3v) is 8.47. The van der Waals surface area contributed by atoms with Gasteiger partial charge in [0, 0.05) is 48.1 Å². The summed E-state index contributed by atoms with van der Waals surface area (Å²) < 4.78 is 15.6. The molecule has 4 aromatic heterocycles. The summed E-state index contributed by atoms with van der Waals surface area (Å²) in [6, 6.07) is 4.96. The van der Waals surface area contributed by atoms with Gasteiger partial charge in [-0.05, 0) is 75.1 Å². The maximum Gasteiger partial charge on any atom is 0.158 e. The van der Waals surface area contributed by atoms with Crippen molar-refractivity contribution in [2.24, 2.45) is 0 Å². The summed E-state index contributed by atoms with van der Waals surface area (Å²) in [7, 11) is 0. The molecule has 1 saturated heterocycles. The molecule has 1 aliphatic heterocycles. The fraction of sp³-hybridized carbons (Fsp3) is 0.536. The van der Waals surface area contributed by atoms with E-state index in [-0.39, 0.29) is 0 Å². The van der Waals surface area contributed by atoms with Crippen molar-refractivity contribution in [1.29, 1.82) is 0 Å². The summed E-state index contributed by atoms with van der Waals surface area (Å²) in [4.78, 5) is 15.8. The minimum atomic E-state index is -0.633. The Kier molecular flexibility index (Phi) is 5.63. The smallest absolute Gasteiger partial charge is 0.158 e. The van der Waals surface area contributed by atoms with E-state index in [0.717, 1.165) is 65.7 Å². The van der Waals surface area contributed by atoms with E-state index in [1.54, 1.807) is 6.33 Å². The summed E-state index contributed by atoms with van der Waals surface area (Å²) in [6.45, 7) is 10.3. The average Bonchev–Trinajstić information content (AvgIpc) is 3.59. The van der Waals surface area contributed by atoms with Crippen molar-refractivity contribution in [2.75, 3.05) is 13.1 Å². The van der Waals surface area contributed by atoms with Gasteiger partial charge < -0.3 is 4.98 Å². The topological polar surface area (TPSA) is 62.1 Å². The molecule has 6 nitrogen and oxygen atoms in total. The van der Waals surface area contributed by atoms with Crippen LogP contribution in [0.3, 0.4) is 0 Å². The van der Waals surface area contributed by atoms with Crippen LogP contribution in [0.5, 0.6) is 0 Å². The fourth-order valence-corrected chi connectivity index (χ4v) is 6.37. The van der Waals surface area contributed by atoms with E-state index in [1.807, 2.05) is 4.52 Å². The number of pyridine rings is 2. The second-order valence-corrected chi connectivity index (χ2v) is 10.9. The number of hydrogen-bond donors (Lipinski definition) is 1. The highest BCUT2D eigenvalue weighted by molar-refractivity contribution is 5.89. The molecule has 1 unspecified atom stereocenters. The van der Waals surface area contributed by atoms with Gasteiger partial charge in [0.05, 0.1) is 16.7 Å². The summed E-state index contributed by atoms with van der Waals surface area (Å²) in [5, 5.41) is 4.40. The molecule has 0 bridgehead atoms. The van der Waals surface area contributed by atoms with Crippen LogP contribution in [0.2, 0.25) is 0 Å². The highest BCUT2D eigenvalue weighted by Crippen LogP contribution is 2.40. The zero-order valence-electron chi connectivity index (χ0n) is 21.2. The molecular weight excluding hydrogens is 439 g/mol. The third kappa shape index (κ3) is 3.84. The highest BCUT2D eigenvalue weighted by Gasteiger charge is 2.32. The van der Waals surface area contributed by atoms with Gasteiger partial charge in [-0.3, -0.25) is 9.88 Å². The van der Waals surface area contributed by atoms with Gasteiger partial charge in [0.25, 0.3) is 0 Å². The van der Waals surface area contributed by atoms with Crippen LogP contribution in [0.4, 0.5) is 4.39 Å². The maximum atomic E-state index is 13.7. The number of fused-ring (bicyclic) bond motifs is 2. The second kappa shape index (κ2) is 8.70. The second-order valence-electron chi connectivity index (χ2n) is 10.9. The molecular formula is C28H35FN6. The van der Waals surface area contributed by atoms with Crippen molar-refractivity contribution in [3.8, 4) is 11.3 Å². The lowest BCUT2D eigenvalue weighted by molar-refractivity contribution is 0.169. The Morgan fingerprint density at radius 3 is 2.57 bits per heavy atom. The molecule has 5 heterocycles. The predicted octanol–water partition coefficient (Wildman–Crippen LogP) is 6.08. The van der Waals surface area contributed by atoms with E-state index in [0.29, 0.717) is 30.8 Å². The number of aromatic amines is 1. The highest BCUT2D eigenvalue weighted by atomic mass is 19.1. The first-order valence-corrected chi connectivity index (χ1v) is 13.1. The Bertz CT molecular complexity index is 1380. The van der Waals surface area contributed by atoms with Crippen LogP contribution in [0, 0.1) is 13.8 Å². The molecule has 184 valence electrons. The third-order valence-electron chi connectivity index (χ3n) is 8.47. The number of aromatic nitrogens is 5. The van der Waals surface area contributed by atoms with E-state index < -0.39 is 6.17 Å². The van der Waals surface area contributed by atoms with Crippen LogP contribution in [0.15, 0.2) is 24.7 Å². The standard InChI is InChI=1S/C28H35FN6/c1-16(2)25-26(22-14-35-28(30-15-31-35)18(4)17(22)3)33-24-10-9-23(32-27(24)25)19-5-7-21(8-6-19)34-12-11-20(29)13-34/h9-10,14-16,19-21,33H,5-8,11-13H2,1-4H3. The molecule has 1 atom stereocenters. The number of nitrogens with one attached hydrogen (secondary N) is 1. The van der Waals surface area contributed by atoms with Crippen LogP contribution in [0.1, 0.15) is 80.2 Å². The Labute approximate surface area is 206 Å². The van der Waals surface area contributed by atoms with Gasteiger partial charge in [-0.25, -0.2) is 13.9 Å². The van der Waals surface area contributed by atoms with Crippen molar-refractivity contribution in [3.05, 3.63) is 47.0 Å². The number of rotatable bonds is 4. The fourth-order valence-electron chi connectivity index (χ4n) is 6.37. The van der Waals surface area contributed by atoms with Crippen LogP contribution < -0.4 is 0 Å². The molecule has 2 fully saturated rings. The van der Waals surface area contributed by atoms with Crippen LogP contribution >= 0.6 is 0 Å². The zero-order chi connectivity index (χ0) is 24.3. The first-order valence-electron chi connectivity index (χ1n) is 13.1.